The fourth-order valence-corrected chi connectivity index (χ4v) is 3.72. The minimum atomic E-state index is 0.0700. The summed E-state index contributed by atoms with van der Waals surface area (Å²) in [6.45, 7) is 9.41. The molecule has 0 aromatic heterocycles. The zero-order valence-corrected chi connectivity index (χ0v) is 18.2. The molecule has 5 heteroatoms. The molecule has 0 aliphatic heterocycles. The van der Waals surface area contributed by atoms with Gasteiger partial charge >= 0.3 is 0 Å². The average Bonchev–Trinajstić information content (AvgIpc) is 2.68. The number of halogens is 1. The molecule has 1 N–H and O–H groups in total. The largest absolute Gasteiger partial charge is 0.496 e. The summed E-state index contributed by atoms with van der Waals surface area (Å²) in [6, 6.07) is 14.3. The lowest BCUT2D eigenvalue weighted by molar-refractivity contribution is 0.0986. The van der Waals surface area contributed by atoms with E-state index in [0.29, 0.717) is 12.1 Å². The SMILES string of the molecule is CCN(CC)C(CNCC(=O)c1ccc(OC)c(Br)c1)c1ccc(C)cc1. The van der Waals surface area contributed by atoms with Crippen molar-refractivity contribution in [3.8, 4) is 5.75 Å². The van der Waals surface area contributed by atoms with Gasteiger partial charge in [0.2, 0.25) is 0 Å². The quantitative estimate of drug-likeness (QED) is 0.556. The Morgan fingerprint density at radius 3 is 2.37 bits per heavy atom. The second-order valence-corrected chi connectivity index (χ2v) is 7.41. The van der Waals surface area contributed by atoms with Crippen LogP contribution in [-0.4, -0.2) is 44.0 Å². The van der Waals surface area contributed by atoms with Crippen LogP contribution in [0.5, 0.6) is 5.75 Å². The van der Waals surface area contributed by atoms with Gasteiger partial charge in [-0.25, -0.2) is 0 Å². The monoisotopic (exact) mass is 432 g/mol. The van der Waals surface area contributed by atoms with Gasteiger partial charge < -0.3 is 10.1 Å². The summed E-state index contributed by atoms with van der Waals surface area (Å²) in [4.78, 5) is 14.9. The third-order valence-corrected chi connectivity index (χ3v) is 5.43. The number of aryl methyl sites for hydroxylation is 1. The Kier molecular flexibility index (Phi) is 8.48. The summed E-state index contributed by atoms with van der Waals surface area (Å²) < 4.78 is 6.01. The van der Waals surface area contributed by atoms with Gasteiger partial charge in [-0.15, -0.1) is 0 Å². The van der Waals surface area contributed by atoms with E-state index in [4.69, 9.17) is 4.74 Å². The van der Waals surface area contributed by atoms with Crippen molar-refractivity contribution in [2.75, 3.05) is 33.3 Å². The average molecular weight is 433 g/mol. The van der Waals surface area contributed by atoms with E-state index >= 15 is 0 Å². The molecule has 2 aromatic rings. The first-order valence-corrected chi connectivity index (χ1v) is 10.2. The molecule has 0 fully saturated rings. The van der Waals surface area contributed by atoms with Crippen LogP contribution in [0.25, 0.3) is 0 Å². The van der Waals surface area contributed by atoms with Crippen molar-refractivity contribution < 1.29 is 9.53 Å². The van der Waals surface area contributed by atoms with E-state index in [0.717, 1.165) is 29.9 Å². The number of hydrogen-bond donors (Lipinski definition) is 1. The number of nitrogens with one attached hydrogen (secondary N) is 1. The number of benzene rings is 2. The number of ether oxygens (including phenoxy) is 1. The van der Waals surface area contributed by atoms with E-state index in [1.165, 1.54) is 11.1 Å². The maximum absolute atomic E-state index is 12.5. The molecular formula is C22H29BrN2O2. The summed E-state index contributed by atoms with van der Waals surface area (Å²) in [7, 11) is 1.61. The second-order valence-electron chi connectivity index (χ2n) is 6.55. The molecule has 4 nitrogen and oxygen atoms in total. The van der Waals surface area contributed by atoms with Crippen LogP contribution in [-0.2, 0) is 0 Å². The van der Waals surface area contributed by atoms with Crippen LogP contribution in [0.4, 0.5) is 0 Å². The van der Waals surface area contributed by atoms with Gasteiger partial charge in [0.05, 0.1) is 18.1 Å². The topological polar surface area (TPSA) is 41.6 Å². The predicted octanol–water partition coefficient (Wildman–Crippen LogP) is 4.62. The van der Waals surface area contributed by atoms with Crippen LogP contribution in [0.3, 0.4) is 0 Å². The molecule has 146 valence electrons. The maximum Gasteiger partial charge on any atom is 0.176 e. The Hall–Kier alpha value is -1.69. The lowest BCUT2D eigenvalue weighted by Gasteiger charge is -2.30. The van der Waals surface area contributed by atoms with Gasteiger partial charge in [0.15, 0.2) is 5.78 Å². The first-order valence-electron chi connectivity index (χ1n) is 9.38. The van der Waals surface area contributed by atoms with Crippen LogP contribution >= 0.6 is 15.9 Å². The normalized spacial score (nSPS) is 12.2. The molecule has 2 rings (SSSR count). The van der Waals surface area contributed by atoms with Gasteiger partial charge in [0.25, 0.3) is 0 Å². The molecule has 0 heterocycles. The minimum absolute atomic E-state index is 0.0700. The van der Waals surface area contributed by atoms with Crippen LogP contribution in [0, 0.1) is 6.92 Å². The summed E-state index contributed by atoms with van der Waals surface area (Å²) in [6.07, 6.45) is 0. The number of rotatable bonds is 10. The summed E-state index contributed by atoms with van der Waals surface area (Å²) in [5, 5.41) is 3.36. The van der Waals surface area contributed by atoms with Gasteiger partial charge in [-0.05, 0) is 59.7 Å². The molecular weight excluding hydrogens is 404 g/mol. The molecule has 0 saturated carbocycles. The third kappa shape index (κ3) is 5.89. The summed E-state index contributed by atoms with van der Waals surface area (Å²) in [5.41, 5.74) is 3.20. The van der Waals surface area contributed by atoms with Crippen molar-refractivity contribution in [2.24, 2.45) is 0 Å². The van der Waals surface area contributed by atoms with Crippen molar-refractivity contribution in [3.63, 3.8) is 0 Å². The lowest BCUT2D eigenvalue weighted by Crippen LogP contribution is -2.37. The molecule has 0 bridgehead atoms. The van der Waals surface area contributed by atoms with Crippen LogP contribution in [0.15, 0.2) is 46.9 Å². The molecule has 1 unspecified atom stereocenters. The number of carbonyl (C=O) groups is 1. The minimum Gasteiger partial charge on any atom is -0.496 e. The highest BCUT2D eigenvalue weighted by Crippen LogP contribution is 2.25. The molecule has 2 aromatic carbocycles. The van der Waals surface area contributed by atoms with Crippen LogP contribution < -0.4 is 10.1 Å². The Labute approximate surface area is 171 Å². The maximum atomic E-state index is 12.5. The van der Waals surface area contributed by atoms with Gasteiger partial charge in [0.1, 0.15) is 5.75 Å². The molecule has 0 amide bonds. The molecule has 1 atom stereocenters. The highest BCUT2D eigenvalue weighted by molar-refractivity contribution is 9.10. The fraction of sp³-hybridized carbons (Fsp3) is 0.409. The number of ketones is 1. The van der Waals surface area contributed by atoms with Gasteiger partial charge in [-0.3, -0.25) is 9.69 Å². The zero-order chi connectivity index (χ0) is 19.8. The van der Waals surface area contributed by atoms with E-state index < -0.39 is 0 Å². The Balaban J connectivity index is 2.03. The van der Waals surface area contributed by atoms with Gasteiger partial charge in [-0.2, -0.15) is 0 Å². The Bertz CT molecular complexity index is 742. The van der Waals surface area contributed by atoms with Crippen molar-refractivity contribution in [3.05, 3.63) is 63.6 Å². The summed E-state index contributed by atoms with van der Waals surface area (Å²) >= 11 is 3.44. The molecule has 0 aliphatic rings. The third-order valence-electron chi connectivity index (χ3n) is 4.81. The second kappa shape index (κ2) is 10.6. The number of Topliss-reactive ketones (excluding diaryl/α,β-unsaturated/α-hetero) is 1. The smallest absolute Gasteiger partial charge is 0.176 e. The lowest BCUT2D eigenvalue weighted by atomic mass is 10.0. The van der Waals surface area contributed by atoms with E-state index in [9.17, 15) is 4.79 Å². The van der Waals surface area contributed by atoms with Crippen LogP contribution in [0.2, 0.25) is 0 Å². The van der Waals surface area contributed by atoms with E-state index in [1.807, 2.05) is 12.1 Å². The number of hydrogen-bond acceptors (Lipinski definition) is 4. The summed E-state index contributed by atoms with van der Waals surface area (Å²) in [5.74, 6) is 0.793. The van der Waals surface area contributed by atoms with E-state index in [1.54, 1.807) is 13.2 Å². The number of methoxy groups -OCH3 is 1. The predicted molar refractivity (Wildman–Crippen MR) is 115 cm³/mol. The van der Waals surface area contributed by atoms with Gasteiger partial charge in [-0.1, -0.05) is 43.7 Å². The highest BCUT2D eigenvalue weighted by Gasteiger charge is 2.18. The number of nitrogens with zero attached hydrogens (tertiary/aromatic N) is 1. The molecule has 0 radical (unpaired) electrons. The molecule has 0 saturated heterocycles. The molecule has 0 spiro atoms. The van der Waals surface area contributed by atoms with Crippen LogP contribution in [0.1, 0.15) is 41.4 Å². The first-order chi connectivity index (χ1) is 13.0. The molecule has 0 aliphatic carbocycles. The van der Waals surface area contributed by atoms with Crippen molar-refractivity contribution in [1.82, 2.24) is 10.2 Å². The number of likely N-dealkylation sites (N-methyl/N-ethyl adjacent to an activating group) is 1. The highest BCUT2D eigenvalue weighted by atomic mass is 79.9. The van der Waals surface area contributed by atoms with Gasteiger partial charge in [0, 0.05) is 18.2 Å². The standard InChI is InChI=1S/C22H29BrN2O2/c1-5-25(6-2)20(17-9-7-16(3)8-10-17)14-24-15-21(26)18-11-12-22(27-4)19(23)13-18/h7-13,20,24H,5-6,14-15H2,1-4H3. The Morgan fingerprint density at radius 1 is 1.15 bits per heavy atom. The Morgan fingerprint density at radius 2 is 1.81 bits per heavy atom. The zero-order valence-electron chi connectivity index (χ0n) is 16.6. The van der Waals surface area contributed by atoms with E-state index in [-0.39, 0.29) is 11.8 Å². The molecule has 27 heavy (non-hydrogen) atoms. The number of carbonyl (C=O) groups excluding carboxylic acids is 1. The van der Waals surface area contributed by atoms with Crippen molar-refractivity contribution >= 4 is 21.7 Å². The van der Waals surface area contributed by atoms with Crippen molar-refractivity contribution in [2.45, 2.75) is 26.8 Å². The first kappa shape index (κ1) is 21.6. The fourth-order valence-electron chi connectivity index (χ4n) is 3.18. The van der Waals surface area contributed by atoms with E-state index in [2.05, 4.69) is 71.2 Å². The van der Waals surface area contributed by atoms with Crippen molar-refractivity contribution in [1.29, 1.82) is 0 Å².